The van der Waals surface area contributed by atoms with Crippen LogP contribution in [0.4, 0.5) is 4.39 Å². The molecular formula is C15H14ClFN2O2. The number of hydrogen-bond donors (Lipinski definition) is 2. The van der Waals surface area contributed by atoms with Crippen molar-refractivity contribution in [3.63, 3.8) is 0 Å². The van der Waals surface area contributed by atoms with Crippen molar-refractivity contribution in [1.29, 1.82) is 5.41 Å². The second-order valence-corrected chi connectivity index (χ2v) is 4.72. The molecule has 0 spiro atoms. The Balaban J connectivity index is 2.16. The molecule has 2 aromatic carbocycles. The Kier molecular flexibility index (Phi) is 4.65. The normalized spacial score (nSPS) is 10.2. The maximum atomic E-state index is 12.9. The zero-order valence-electron chi connectivity index (χ0n) is 11.3. The average Bonchev–Trinajstić information content (AvgIpc) is 2.46. The summed E-state index contributed by atoms with van der Waals surface area (Å²) in [4.78, 5) is 0. The van der Waals surface area contributed by atoms with Gasteiger partial charge in [0.1, 0.15) is 29.8 Å². The molecule has 0 saturated carbocycles. The fraction of sp³-hybridized carbons (Fsp3) is 0.133. The monoisotopic (exact) mass is 308 g/mol. The summed E-state index contributed by atoms with van der Waals surface area (Å²) in [5.41, 5.74) is 6.79. The molecule has 4 nitrogen and oxygen atoms in total. The summed E-state index contributed by atoms with van der Waals surface area (Å²) in [6, 6.07) is 9.14. The van der Waals surface area contributed by atoms with Crippen LogP contribution < -0.4 is 15.2 Å². The van der Waals surface area contributed by atoms with E-state index >= 15 is 0 Å². The number of ether oxygens (including phenoxy) is 2. The van der Waals surface area contributed by atoms with E-state index in [1.54, 1.807) is 18.2 Å². The van der Waals surface area contributed by atoms with Gasteiger partial charge in [0.2, 0.25) is 0 Å². The molecule has 0 aliphatic heterocycles. The molecule has 0 aromatic heterocycles. The minimum Gasteiger partial charge on any atom is -0.496 e. The molecule has 2 aromatic rings. The van der Waals surface area contributed by atoms with Gasteiger partial charge >= 0.3 is 0 Å². The molecule has 0 aliphatic rings. The van der Waals surface area contributed by atoms with E-state index in [0.29, 0.717) is 17.1 Å². The van der Waals surface area contributed by atoms with Gasteiger partial charge in [-0.15, -0.1) is 0 Å². The van der Waals surface area contributed by atoms with Crippen molar-refractivity contribution in [2.75, 3.05) is 7.11 Å². The summed E-state index contributed by atoms with van der Waals surface area (Å²) in [6.07, 6.45) is 0. The molecule has 0 fully saturated rings. The summed E-state index contributed by atoms with van der Waals surface area (Å²) in [6.45, 7) is 0.218. The SMILES string of the molecule is COc1ccc(COc2ccc(F)cc2Cl)cc1C(=N)N. The Hall–Kier alpha value is -2.27. The molecule has 21 heavy (non-hydrogen) atoms. The van der Waals surface area contributed by atoms with Crippen LogP contribution in [0.25, 0.3) is 0 Å². The summed E-state index contributed by atoms with van der Waals surface area (Å²) < 4.78 is 23.6. The van der Waals surface area contributed by atoms with Crippen molar-refractivity contribution in [3.8, 4) is 11.5 Å². The van der Waals surface area contributed by atoms with Gasteiger partial charge in [-0.05, 0) is 35.9 Å². The first-order chi connectivity index (χ1) is 10.0. The van der Waals surface area contributed by atoms with Crippen molar-refractivity contribution < 1.29 is 13.9 Å². The van der Waals surface area contributed by atoms with Crippen LogP contribution in [0.15, 0.2) is 36.4 Å². The van der Waals surface area contributed by atoms with E-state index < -0.39 is 5.82 Å². The van der Waals surface area contributed by atoms with Gasteiger partial charge in [0, 0.05) is 0 Å². The van der Waals surface area contributed by atoms with E-state index in [-0.39, 0.29) is 17.5 Å². The maximum absolute atomic E-state index is 12.9. The first kappa shape index (κ1) is 15.1. The van der Waals surface area contributed by atoms with Crippen molar-refractivity contribution in [2.45, 2.75) is 6.61 Å². The number of benzene rings is 2. The number of nitrogens with one attached hydrogen (secondary N) is 1. The summed E-state index contributed by atoms with van der Waals surface area (Å²) in [7, 11) is 1.51. The third kappa shape index (κ3) is 3.64. The molecular weight excluding hydrogens is 295 g/mol. The Morgan fingerprint density at radius 2 is 1.95 bits per heavy atom. The van der Waals surface area contributed by atoms with Gasteiger partial charge in [0.05, 0.1) is 17.7 Å². The molecule has 6 heteroatoms. The quantitative estimate of drug-likeness (QED) is 0.657. The zero-order chi connectivity index (χ0) is 15.4. The lowest BCUT2D eigenvalue weighted by Gasteiger charge is -2.11. The van der Waals surface area contributed by atoms with E-state index in [9.17, 15) is 4.39 Å². The molecule has 0 aliphatic carbocycles. The third-order valence-electron chi connectivity index (χ3n) is 2.84. The lowest BCUT2D eigenvalue weighted by molar-refractivity contribution is 0.305. The summed E-state index contributed by atoms with van der Waals surface area (Å²) in [5, 5.41) is 7.73. The van der Waals surface area contributed by atoms with E-state index in [0.717, 1.165) is 5.56 Å². The fourth-order valence-corrected chi connectivity index (χ4v) is 2.03. The topological polar surface area (TPSA) is 68.3 Å². The van der Waals surface area contributed by atoms with Gasteiger partial charge in [-0.2, -0.15) is 0 Å². The van der Waals surface area contributed by atoms with Crippen LogP contribution >= 0.6 is 11.6 Å². The predicted molar refractivity (Wildman–Crippen MR) is 79.8 cm³/mol. The first-order valence-electron chi connectivity index (χ1n) is 6.10. The predicted octanol–water partition coefficient (Wildman–Crippen LogP) is 3.35. The average molecular weight is 309 g/mol. The molecule has 0 radical (unpaired) electrons. The fourth-order valence-electron chi connectivity index (χ4n) is 1.81. The standard InChI is InChI=1S/C15H14ClFN2O2/c1-20-13-4-2-9(6-11(13)15(18)19)8-21-14-5-3-10(17)7-12(14)16/h2-7H,8H2,1H3,(H3,18,19). The third-order valence-corrected chi connectivity index (χ3v) is 3.14. The van der Waals surface area contributed by atoms with Crippen LogP contribution in [0.1, 0.15) is 11.1 Å². The molecule has 0 amide bonds. The van der Waals surface area contributed by atoms with E-state index in [1.807, 2.05) is 0 Å². The second-order valence-electron chi connectivity index (χ2n) is 4.31. The van der Waals surface area contributed by atoms with Crippen LogP contribution in [-0.2, 0) is 6.61 Å². The number of amidine groups is 1. The lowest BCUT2D eigenvalue weighted by Crippen LogP contribution is -2.13. The van der Waals surface area contributed by atoms with Crippen LogP contribution in [0.3, 0.4) is 0 Å². The largest absolute Gasteiger partial charge is 0.496 e. The zero-order valence-corrected chi connectivity index (χ0v) is 12.1. The highest BCUT2D eigenvalue weighted by molar-refractivity contribution is 6.32. The van der Waals surface area contributed by atoms with Gasteiger partial charge in [0.25, 0.3) is 0 Å². The van der Waals surface area contributed by atoms with Crippen LogP contribution in [0.2, 0.25) is 5.02 Å². The smallest absolute Gasteiger partial charge is 0.138 e. The molecule has 110 valence electrons. The number of nitrogens with two attached hydrogens (primary N) is 1. The van der Waals surface area contributed by atoms with Crippen molar-refractivity contribution >= 4 is 17.4 Å². The van der Waals surface area contributed by atoms with Crippen molar-refractivity contribution in [2.24, 2.45) is 5.73 Å². The number of halogens is 2. The number of nitrogen functional groups attached to an aromatic ring is 1. The molecule has 0 unspecified atom stereocenters. The Bertz CT molecular complexity index is 677. The molecule has 0 heterocycles. The molecule has 0 atom stereocenters. The van der Waals surface area contributed by atoms with Crippen LogP contribution in [0, 0.1) is 11.2 Å². The van der Waals surface area contributed by atoms with Gasteiger partial charge in [-0.3, -0.25) is 5.41 Å². The van der Waals surface area contributed by atoms with E-state index in [2.05, 4.69) is 0 Å². The summed E-state index contributed by atoms with van der Waals surface area (Å²) >= 11 is 5.89. The molecule has 0 saturated heterocycles. The van der Waals surface area contributed by atoms with Gasteiger partial charge in [-0.1, -0.05) is 17.7 Å². The van der Waals surface area contributed by atoms with Crippen molar-refractivity contribution in [3.05, 3.63) is 58.4 Å². The van der Waals surface area contributed by atoms with E-state index in [4.69, 9.17) is 32.2 Å². The minimum absolute atomic E-state index is 0.0893. The Morgan fingerprint density at radius 1 is 1.24 bits per heavy atom. The second kappa shape index (κ2) is 6.45. The Morgan fingerprint density at radius 3 is 2.57 bits per heavy atom. The molecule has 3 N–H and O–H groups in total. The van der Waals surface area contributed by atoms with Crippen LogP contribution in [-0.4, -0.2) is 12.9 Å². The van der Waals surface area contributed by atoms with Gasteiger partial charge < -0.3 is 15.2 Å². The molecule has 0 bridgehead atoms. The highest BCUT2D eigenvalue weighted by atomic mass is 35.5. The summed E-state index contributed by atoms with van der Waals surface area (Å²) in [5.74, 6) is 0.397. The first-order valence-corrected chi connectivity index (χ1v) is 6.48. The van der Waals surface area contributed by atoms with Gasteiger partial charge in [0.15, 0.2) is 0 Å². The maximum Gasteiger partial charge on any atom is 0.138 e. The van der Waals surface area contributed by atoms with E-state index in [1.165, 1.54) is 25.3 Å². The van der Waals surface area contributed by atoms with Crippen molar-refractivity contribution in [1.82, 2.24) is 0 Å². The highest BCUT2D eigenvalue weighted by Gasteiger charge is 2.09. The minimum atomic E-state index is -0.421. The van der Waals surface area contributed by atoms with Gasteiger partial charge in [-0.25, -0.2) is 4.39 Å². The Labute approximate surface area is 126 Å². The number of rotatable bonds is 5. The number of methoxy groups -OCH3 is 1. The highest BCUT2D eigenvalue weighted by Crippen LogP contribution is 2.26. The van der Waals surface area contributed by atoms with Crippen LogP contribution in [0.5, 0.6) is 11.5 Å². The molecule has 2 rings (SSSR count). The number of hydrogen-bond acceptors (Lipinski definition) is 3. The lowest BCUT2D eigenvalue weighted by atomic mass is 10.1.